The van der Waals surface area contributed by atoms with E-state index in [2.05, 4.69) is 10.3 Å². The van der Waals surface area contributed by atoms with Gasteiger partial charge in [-0.25, -0.2) is 0 Å². The minimum atomic E-state index is -0.456. The van der Waals surface area contributed by atoms with E-state index >= 15 is 0 Å². The molecule has 2 aromatic carbocycles. The number of nitrogens with zero attached hydrogens (tertiary/aromatic N) is 1. The number of aromatic nitrogens is 1. The second kappa shape index (κ2) is 7.57. The smallest absolute Gasteiger partial charge is 0.248 e. The third-order valence-electron chi connectivity index (χ3n) is 3.88. The van der Waals surface area contributed by atoms with E-state index in [9.17, 15) is 9.59 Å². The van der Waals surface area contributed by atoms with Gasteiger partial charge in [-0.15, -0.1) is 0 Å². The van der Waals surface area contributed by atoms with Gasteiger partial charge in [0.25, 0.3) is 0 Å². The molecule has 3 rings (SSSR count). The molecule has 1 heterocycles. The number of nitrogens with two attached hydrogens (primary N) is 1. The molecule has 0 aliphatic carbocycles. The highest BCUT2D eigenvalue weighted by atomic mass is 16.1. The Hall–Kier alpha value is -3.21. The van der Waals surface area contributed by atoms with Crippen LogP contribution < -0.4 is 11.1 Å². The lowest BCUT2D eigenvalue weighted by Crippen LogP contribution is -2.15. The zero-order valence-electron chi connectivity index (χ0n) is 13.6. The quantitative estimate of drug-likeness (QED) is 0.727. The summed E-state index contributed by atoms with van der Waals surface area (Å²) in [4.78, 5) is 27.8. The average molecular weight is 332 g/mol. The number of primary amides is 1. The number of carbonyl (C=O) groups is 2. The number of para-hydroxylation sites is 1. The number of amides is 2. The summed E-state index contributed by atoms with van der Waals surface area (Å²) in [7, 11) is 0. The highest BCUT2D eigenvalue weighted by Crippen LogP contribution is 2.16. The average Bonchev–Trinajstić information content (AvgIpc) is 2.62. The second-order valence-corrected chi connectivity index (χ2v) is 5.67. The van der Waals surface area contributed by atoms with Crippen molar-refractivity contribution in [1.82, 2.24) is 4.98 Å². The van der Waals surface area contributed by atoms with E-state index < -0.39 is 5.91 Å². The van der Waals surface area contributed by atoms with Crippen molar-refractivity contribution in [3.8, 4) is 0 Å². The molecule has 0 bridgehead atoms. The molecule has 0 atom stereocenters. The van der Waals surface area contributed by atoms with Crippen LogP contribution in [-0.4, -0.2) is 16.8 Å². The molecular weight excluding hydrogens is 314 g/mol. The molecular formula is C20H18N3O2. The molecule has 0 spiro atoms. The lowest BCUT2D eigenvalue weighted by molar-refractivity contribution is -0.113. The van der Waals surface area contributed by atoms with Crippen LogP contribution in [0.1, 0.15) is 22.3 Å². The first kappa shape index (κ1) is 16.6. The van der Waals surface area contributed by atoms with E-state index in [0.29, 0.717) is 24.1 Å². The van der Waals surface area contributed by atoms with Gasteiger partial charge in [-0.3, -0.25) is 14.6 Å². The molecule has 3 aromatic rings. The van der Waals surface area contributed by atoms with Gasteiger partial charge in [0, 0.05) is 10.9 Å². The number of pyridine rings is 1. The van der Waals surface area contributed by atoms with Crippen molar-refractivity contribution in [2.45, 2.75) is 12.8 Å². The molecule has 0 saturated carbocycles. The van der Waals surface area contributed by atoms with E-state index in [1.807, 2.05) is 42.5 Å². The number of nitrogens with one attached hydrogen (secondary N) is 1. The summed E-state index contributed by atoms with van der Waals surface area (Å²) >= 11 is 0. The predicted molar refractivity (Wildman–Crippen MR) is 98.0 cm³/mol. The standard InChI is InChI=1S/C20H18N3O2/c21-20(25)17-9-3-1-6-14(17)8-5-11-19(24)23-16-12-15-7-2-4-10-18(15)22-13-16/h1-4,6-7,9-13H,5,8H2,(H2,21,25)(H,23,24). The molecule has 1 aromatic heterocycles. The Morgan fingerprint density at radius 2 is 1.84 bits per heavy atom. The second-order valence-electron chi connectivity index (χ2n) is 5.67. The first-order chi connectivity index (χ1) is 12.1. The van der Waals surface area contributed by atoms with Crippen LogP contribution in [0.4, 0.5) is 5.69 Å². The lowest BCUT2D eigenvalue weighted by Gasteiger charge is -2.07. The third kappa shape index (κ3) is 4.20. The highest BCUT2D eigenvalue weighted by molar-refractivity contribution is 5.98. The number of hydrogen-bond donors (Lipinski definition) is 2. The van der Waals surface area contributed by atoms with Crippen molar-refractivity contribution in [3.05, 3.63) is 78.3 Å². The molecule has 5 heteroatoms. The van der Waals surface area contributed by atoms with Crippen molar-refractivity contribution in [2.24, 2.45) is 5.73 Å². The summed E-state index contributed by atoms with van der Waals surface area (Å²) in [6.07, 6.45) is 4.28. The van der Waals surface area contributed by atoms with Crippen molar-refractivity contribution in [2.75, 3.05) is 5.32 Å². The van der Waals surface area contributed by atoms with Gasteiger partial charge in [-0.2, -0.15) is 0 Å². The van der Waals surface area contributed by atoms with E-state index in [0.717, 1.165) is 16.5 Å². The summed E-state index contributed by atoms with van der Waals surface area (Å²) in [5, 5.41) is 3.78. The van der Waals surface area contributed by atoms with Crippen LogP contribution in [0, 0.1) is 6.42 Å². The molecule has 125 valence electrons. The number of fused-ring (bicyclic) bond motifs is 1. The molecule has 3 N–H and O–H groups in total. The van der Waals surface area contributed by atoms with E-state index in [-0.39, 0.29) is 5.91 Å². The van der Waals surface area contributed by atoms with Gasteiger partial charge in [-0.1, -0.05) is 36.4 Å². The van der Waals surface area contributed by atoms with Gasteiger partial charge in [0.1, 0.15) is 0 Å². The maximum Gasteiger partial charge on any atom is 0.248 e. The number of anilines is 1. The fraction of sp³-hybridized carbons (Fsp3) is 0.100. The molecule has 0 aliphatic rings. The summed E-state index contributed by atoms with van der Waals surface area (Å²) in [5.74, 6) is -0.657. The maximum atomic E-state index is 12.1. The van der Waals surface area contributed by atoms with Crippen molar-refractivity contribution < 1.29 is 9.59 Å². The van der Waals surface area contributed by atoms with Crippen LogP contribution in [0.3, 0.4) is 0 Å². The van der Waals surface area contributed by atoms with Gasteiger partial charge < -0.3 is 11.1 Å². The fourth-order valence-electron chi connectivity index (χ4n) is 2.67. The number of hydrogen-bond acceptors (Lipinski definition) is 3. The minimum absolute atomic E-state index is 0.200. The third-order valence-corrected chi connectivity index (χ3v) is 3.88. The van der Waals surface area contributed by atoms with Crippen LogP contribution >= 0.6 is 0 Å². The van der Waals surface area contributed by atoms with E-state index in [1.165, 1.54) is 0 Å². The monoisotopic (exact) mass is 332 g/mol. The van der Waals surface area contributed by atoms with Crippen LogP contribution in [0.15, 0.2) is 60.8 Å². The SMILES string of the molecule is NC(=O)c1ccccc1CC[CH]C(=O)Nc1cnc2ccccc2c1. The molecule has 0 fully saturated rings. The van der Waals surface area contributed by atoms with Crippen molar-refractivity contribution in [3.63, 3.8) is 0 Å². The van der Waals surface area contributed by atoms with Gasteiger partial charge in [0.2, 0.25) is 11.8 Å². The number of aryl methyl sites for hydroxylation is 1. The Balaban J connectivity index is 1.57. The van der Waals surface area contributed by atoms with Gasteiger partial charge in [0.05, 0.1) is 23.8 Å². The summed E-state index contributed by atoms with van der Waals surface area (Å²) < 4.78 is 0. The first-order valence-electron chi connectivity index (χ1n) is 8.00. The summed E-state index contributed by atoms with van der Waals surface area (Å²) in [5.41, 5.74) is 8.23. The van der Waals surface area contributed by atoms with E-state index in [1.54, 1.807) is 24.8 Å². The van der Waals surface area contributed by atoms with Crippen LogP contribution in [0.25, 0.3) is 10.9 Å². The van der Waals surface area contributed by atoms with Crippen LogP contribution in [0.2, 0.25) is 0 Å². The Morgan fingerprint density at radius 3 is 2.68 bits per heavy atom. The maximum absolute atomic E-state index is 12.1. The summed E-state index contributed by atoms with van der Waals surface area (Å²) in [6, 6.07) is 16.8. The number of carbonyl (C=O) groups excluding carboxylic acids is 2. The Morgan fingerprint density at radius 1 is 1.08 bits per heavy atom. The fourth-order valence-corrected chi connectivity index (χ4v) is 2.67. The summed E-state index contributed by atoms with van der Waals surface area (Å²) in [6.45, 7) is 0. The molecule has 25 heavy (non-hydrogen) atoms. The molecule has 0 unspecified atom stereocenters. The molecule has 0 aliphatic heterocycles. The minimum Gasteiger partial charge on any atom is -0.366 e. The number of benzene rings is 2. The zero-order valence-corrected chi connectivity index (χ0v) is 13.6. The largest absolute Gasteiger partial charge is 0.366 e. The Kier molecular flexibility index (Phi) is 5.04. The molecule has 5 nitrogen and oxygen atoms in total. The first-order valence-corrected chi connectivity index (χ1v) is 8.00. The van der Waals surface area contributed by atoms with Crippen LogP contribution in [0.5, 0.6) is 0 Å². The van der Waals surface area contributed by atoms with E-state index in [4.69, 9.17) is 5.73 Å². The van der Waals surface area contributed by atoms with Crippen molar-refractivity contribution >= 4 is 28.4 Å². The Bertz CT molecular complexity index is 921. The predicted octanol–water partition coefficient (Wildman–Crippen LogP) is 3.11. The lowest BCUT2D eigenvalue weighted by atomic mass is 10.0. The van der Waals surface area contributed by atoms with Crippen molar-refractivity contribution in [1.29, 1.82) is 0 Å². The zero-order chi connectivity index (χ0) is 17.6. The van der Waals surface area contributed by atoms with Gasteiger partial charge >= 0.3 is 0 Å². The van der Waals surface area contributed by atoms with Crippen LogP contribution in [-0.2, 0) is 11.2 Å². The highest BCUT2D eigenvalue weighted by Gasteiger charge is 2.09. The topological polar surface area (TPSA) is 85.1 Å². The molecule has 0 saturated heterocycles. The number of rotatable bonds is 6. The normalized spacial score (nSPS) is 10.6. The van der Waals surface area contributed by atoms with Gasteiger partial charge in [0.15, 0.2) is 0 Å². The molecule has 1 radical (unpaired) electrons. The van der Waals surface area contributed by atoms with Gasteiger partial charge in [-0.05, 0) is 36.6 Å². The Labute approximate surface area is 145 Å². The molecule has 2 amide bonds.